The molecule has 0 aliphatic rings. The van der Waals surface area contributed by atoms with Crippen molar-refractivity contribution in [1.82, 2.24) is 4.57 Å². The van der Waals surface area contributed by atoms with Gasteiger partial charge in [0.1, 0.15) is 10.6 Å². The van der Waals surface area contributed by atoms with E-state index >= 15 is 0 Å². The van der Waals surface area contributed by atoms with Crippen molar-refractivity contribution in [3.63, 3.8) is 0 Å². The Hall–Kier alpha value is -1.66. The minimum atomic E-state index is -3.66. The Bertz CT molecular complexity index is 740. The van der Waals surface area contributed by atoms with Gasteiger partial charge in [0.25, 0.3) is 10.0 Å². The lowest BCUT2D eigenvalue weighted by Gasteiger charge is -2.20. The van der Waals surface area contributed by atoms with Crippen LogP contribution in [0.25, 0.3) is 0 Å². The molecule has 0 atom stereocenters. The molecule has 0 aliphatic carbocycles. The Morgan fingerprint density at radius 3 is 2.57 bits per heavy atom. The number of nitrogens with zero attached hydrogens (tertiary/aromatic N) is 2. The largest absolute Gasteiger partial charge is 0.495 e. The second-order valence-corrected chi connectivity index (χ2v) is 6.79. The molecule has 1 heterocycles. The molecule has 0 saturated heterocycles. The molecule has 1 aromatic heterocycles. The smallest absolute Gasteiger partial charge is 0.265 e. The van der Waals surface area contributed by atoms with Gasteiger partial charge in [-0.05, 0) is 18.2 Å². The first-order chi connectivity index (χ1) is 9.91. The zero-order valence-electron chi connectivity index (χ0n) is 12.1. The minimum absolute atomic E-state index is 0.203. The molecule has 0 bridgehead atoms. The van der Waals surface area contributed by atoms with Gasteiger partial charge >= 0.3 is 0 Å². The lowest BCUT2D eigenvalue weighted by molar-refractivity contribution is 0.416. The van der Waals surface area contributed by atoms with Gasteiger partial charge in [-0.2, -0.15) is 0 Å². The van der Waals surface area contributed by atoms with E-state index in [4.69, 9.17) is 16.3 Å². The summed E-state index contributed by atoms with van der Waals surface area (Å²) < 4.78 is 33.5. The number of para-hydroxylation sites is 2. The van der Waals surface area contributed by atoms with Crippen LogP contribution >= 0.6 is 11.6 Å². The number of benzene rings is 1. The van der Waals surface area contributed by atoms with E-state index in [2.05, 4.69) is 0 Å². The quantitative estimate of drug-likeness (QED) is 0.793. The summed E-state index contributed by atoms with van der Waals surface area (Å²) in [5, 5.41) is 0. The van der Waals surface area contributed by atoms with E-state index in [0.29, 0.717) is 11.4 Å². The average molecular weight is 329 g/mol. The molecule has 0 unspecified atom stereocenters. The maximum Gasteiger partial charge on any atom is 0.265 e. The zero-order chi connectivity index (χ0) is 15.6. The van der Waals surface area contributed by atoms with Crippen molar-refractivity contribution in [2.24, 2.45) is 7.05 Å². The SMILES string of the molecule is COc1ccccc1N(C)S(=O)(=O)c1cc(CCl)n(C)c1. The highest BCUT2D eigenvalue weighted by molar-refractivity contribution is 7.92. The maximum atomic E-state index is 12.7. The number of halogens is 1. The summed E-state index contributed by atoms with van der Waals surface area (Å²) in [6, 6.07) is 8.54. The van der Waals surface area contributed by atoms with Gasteiger partial charge in [-0.25, -0.2) is 8.42 Å². The van der Waals surface area contributed by atoms with Crippen molar-refractivity contribution in [1.29, 1.82) is 0 Å². The summed E-state index contributed by atoms with van der Waals surface area (Å²) in [5.41, 5.74) is 1.22. The zero-order valence-corrected chi connectivity index (χ0v) is 13.6. The second-order valence-electron chi connectivity index (χ2n) is 4.56. The third-order valence-corrected chi connectivity index (χ3v) is 5.31. The average Bonchev–Trinajstić information content (AvgIpc) is 2.88. The number of rotatable bonds is 5. The number of aryl methyl sites for hydroxylation is 1. The number of alkyl halides is 1. The fourth-order valence-electron chi connectivity index (χ4n) is 2.03. The first kappa shape index (κ1) is 15.7. The molecule has 0 amide bonds. The van der Waals surface area contributed by atoms with Crippen molar-refractivity contribution in [3.05, 3.63) is 42.2 Å². The molecule has 7 heteroatoms. The van der Waals surface area contributed by atoms with Gasteiger partial charge in [0.15, 0.2) is 0 Å². The lowest BCUT2D eigenvalue weighted by Crippen LogP contribution is -2.26. The van der Waals surface area contributed by atoms with Gasteiger partial charge in [0, 0.05) is 26.0 Å². The summed E-state index contributed by atoms with van der Waals surface area (Å²) in [5.74, 6) is 0.752. The number of sulfonamides is 1. The molecule has 0 N–H and O–H groups in total. The van der Waals surface area contributed by atoms with Gasteiger partial charge < -0.3 is 9.30 Å². The highest BCUT2D eigenvalue weighted by atomic mass is 35.5. The molecule has 21 heavy (non-hydrogen) atoms. The molecule has 2 aromatic rings. The maximum absolute atomic E-state index is 12.7. The third kappa shape index (κ3) is 2.87. The minimum Gasteiger partial charge on any atom is -0.495 e. The number of hydrogen-bond acceptors (Lipinski definition) is 3. The van der Waals surface area contributed by atoms with E-state index < -0.39 is 10.0 Å². The molecule has 0 aliphatic heterocycles. The van der Waals surface area contributed by atoms with E-state index in [1.807, 2.05) is 0 Å². The lowest BCUT2D eigenvalue weighted by atomic mass is 10.3. The van der Waals surface area contributed by atoms with Crippen LogP contribution in [0.4, 0.5) is 5.69 Å². The van der Waals surface area contributed by atoms with Crippen molar-refractivity contribution in [2.75, 3.05) is 18.5 Å². The van der Waals surface area contributed by atoms with Gasteiger partial charge in [-0.1, -0.05) is 12.1 Å². The van der Waals surface area contributed by atoms with Gasteiger partial charge in [0.2, 0.25) is 0 Å². The van der Waals surface area contributed by atoms with E-state index in [9.17, 15) is 8.42 Å². The van der Waals surface area contributed by atoms with Crippen LogP contribution in [0.15, 0.2) is 41.4 Å². The summed E-state index contributed by atoms with van der Waals surface area (Å²) >= 11 is 5.79. The highest BCUT2D eigenvalue weighted by Gasteiger charge is 2.25. The number of ether oxygens (including phenoxy) is 1. The first-order valence-electron chi connectivity index (χ1n) is 6.25. The van der Waals surface area contributed by atoms with Gasteiger partial charge in [0.05, 0.1) is 18.7 Å². The normalized spacial score (nSPS) is 11.4. The topological polar surface area (TPSA) is 51.5 Å². The highest BCUT2D eigenvalue weighted by Crippen LogP contribution is 2.31. The summed E-state index contributed by atoms with van der Waals surface area (Å²) in [7, 11) is 1.11. The number of methoxy groups -OCH3 is 1. The predicted octanol–water partition coefficient (Wildman–Crippen LogP) is 2.60. The van der Waals surface area contributed by atoms with Crippen molar-refractivity contribution >= 4 is 27.3 Å². The molecule has 114 valence electrons. The summed E-state index contributed by atoms with van der Waals surface area (Å²) in [4.78, 5) is 0.203. The Kier molecular flexibility index (Phi) is 4.49. The second kappa shape index (κ2) is 5.99. The molecule has 2 rings (SSSR count). The predicted molar refractivity (Wildman–Crippen MR) is 83.6 cm³/mol. The van der Waals surface area contributed by atoms with Gasteiger partial charge in [-0.3, -0.25) is 4.31 Å². The van der Waals surface area contributed by atoms with Crippen LogP contribution in [0, 0.1) is 0 Å². The van der Waals surface area contributed by atoms with Crippen LogP contribution in [0.5, 0.6) is 5.75 Å². The van der Waals surface area contributed by atoms with Crippen molar-refractivity contribution in [3.8, 4) is 5.75 Å². The van der Waals surface area contributed by atoms with E-state index in [-0.39, 0.29) is 10.8 Å². The molecule has 0 fully saturated rings. The number of anilines is 1. The summed E-state index contributed by atoms with van der Waals surface area (Å²) in [6.07, 6.45) is 1.55. The van der Waals surface area contributed by atoms with Crippen molar-refractivity contribution in [2.45, 2.75) is 10.8 Å². The number of aromatic nitrogens is 1. The molecule has 0 spiro atoms. The van der Waals surface area contributed by atoms with Crippen LogP contribution in [-0.4, -0.2) is 27.1 Å². The first-order valence-corrected chi connectivity index (χ1v) is 8.22. The fourth-order valence-corrected chi connectivity index (χ4v) is 3.60. The Labute approximate surface area is 129 Å². The summed E-state index contributed by atoms with van der Waals surface area (Å²) in [6.45, 7) is 0. The van der Waals surface area contributed by atoms with Crippen LogP contribution in [0.1, 0.15) is 5.69 Å². The van der Waals surface area contributed by atoms with Crippen LogP contribution in [0.3, 0.4) is 0 Å². The standard InChI is InChI=1S/C14H17ClN2O3S/c1-16-10-12(8-11(16)9-15)21(18,19)17(2)13-6-4-5-7-14(13)20-3/h4-8,10H,9H2,1-3H3. The Balaban J connectivity index is 2.47. The van der Waals surface area contributed by atoms with E-state index in [1.54, 1.807) is 48.1 Å². The Morgan fingerprint density at radius 1 is 1.33 bits per heavy atom. The Morgan fingerprint density at radius 2 is 2.00 bits per heavy atom. The van der Waals surface area contributed by atoms with Crippen LogP contribution in [-0.2, 0) is 23.0 Å². The molecule has 0 saturated carbocycles. The molecule has 1 aromatic carbocycles. The fraction of sp³-hybridized carbons (Fsp3) is 0.286. The van der Waals surface area contributed by atoms with Crippen LogP contribution < -0.4 is 9.04 Å². The van der Waals surface area contributed by atoms with Crippen molar-refractivity contribution < 1.29 is 13.2 Å². The third-order valence-electron chi connectivity index (χ3n) is 3.30. The van der Waals surface area contributed by atoms with E-state index in [1.165, 1.54) is 18.5 Å². The van der Waals surface area contributed by atoms with Crippen LogP contribution in [0.2, 0.25) is 0 Å². The molecular weight excluding hydrogens is 312 g/mol. The van der Waals surface area contributed by atoms with Gasteiger partial charge in [-0.15, -0.1) is 11.6 Å². The van der Waals surface area contributed by atoms with E-state index in [0.717, 1.165) is 5.69 Å². The monoisotopic (exact) mass is 328 g/mol. The molecule has 5 nitrogen and oxygen atoms in total. The number of hydrogen-bond donors (Lipinski definition) is 0. The molecular formula is C14H17ClN2O3S. The molecule has 0 radical (unpaired) electrons.